The van der Waals surface area contributed by atoms with Gasteiger partial charge in [0, 0.05) is 17.5 Å². The van der Waals surface area contributed by atoms with E-state index in [-0.39, 0.29) is 0 Å². The molecule has 0 saturated heterocycles. The summed E-state index contributed by atoms with van der Waals surface area (Å²) in [5.41, 5.74) is 4.13. The molecule has 4 rings (SSSR count). The van der Waals surface area contributed by atoms with Gasteiger partial charge in [-0.1, -0.05) is 0 Å². The molecule has 0 N–H and O–H groups in total. The first kappa shape index (κ1) is 14.4. The molecule has 2 aromatic rings. The summed E-state index contributed by atoms with van der Waals surface area (Å²) >= 11 is 0. The van der Waals surface area contributed by atoms with Crippen molar-refractivity contribution in [3.8, 4) is 17.2 Å². The van der Waals surface area contributed by atoms with Crippen molar-refractivity contribution in [2.45, 2.75) is 19.5 Å². The lowest BCUT2D eigenvalue weighted by Gasteiger charge is -2.39. The highest BCUT2D eigenvalue weighted by molar-refractivity contribution is 5.49. The molecule has 2 aromatic carbocycles. The van der Waals surface area contributed by atoms with Crippen molar-refractivity contribution in [2.24, 2.45) is 0 Å². The van der Waals surface area contributed by atoms with Gasteiger partial charge in [0.05, 0.1) is 20.7 Å². The second-order valence-corrected chi connectivity index (χ2v) is 6.73. The molecule has 0 saturated carbocycles. The van der Waals surface area contributed by atoms with E-state index in [4.69, 9.17) is 14.2 Å². The van der Waals surface area contributed by atoms with Gasteiger partial charge in [-0.2, -0.15) is 0 Å². The molecule has 0 spiro atoms. The molecule has 2 aliphatic rings. The number of hydrogen-bond donors (Lipinski definition) is 0. The van der Waals surface area contributed by atoms with Crippen molar-refractivity contribution in [3.05, 3.63) is 53.1 Å². The molecule has 4 heteroatoms. The number of methoxy groups -OCH3 is 1. The minimum Gasteiger partial charge on any atom is -0.497 e. The number of likely N-dealkylation sites (N-methyl/N-ethyl adjacent to an activating group) is 1. The maximum absolute atomic E-state index is 5.53. The van der Waals surface area contributed by atoms with Gasteiger partial charge in [-0.3, -0.25) is 0 Å². The van der Waals surface area contributed by atoms with Crippen LogP contribution in [0.1, 0.15) is 16.7 Å². The normalized spacial score (nSPS) is 21.8. The monoisotopic (exact) mass is 312 g/mol. The molecule has 0 aromatic heterocycles. The van der Waals surface area contributed by atoms with Gasteiger partial charge < -0.3 is 18.7 Å². The topological polar surface area (TPSA) is 27.7 Å². The van der Waals surface area contributed by atoms with E-state index in [0.717, 1.165) is 47.8 Å². The maximum Gasteiger partial charge on any atom is 0.231 e. The third-order valence-corrected chi connectivity index (χ3v) is 4.89. The van der Waals surface area contributed by atoms with E-state index in [2.05, 4.69) is 31.3 Å². The molecule has 4 nitrogen and oxygen atoms in total. The maximum atomic E-state index is 5.53. The first-order valence-electron chi connectivity index (χ1n) is 8.03. The minimum atomic E-state index is 0.343. The number of ether oxygens (including phenoxy) is 3. The lowest BCUT2D eigenvalue weighted by molar-refractivity contribution is -0.937. The van der Waals surface area contributed by atoms with E-state index < -0.39 is 0 Å². The van der Waals surface area contributed by atoms with Crippen molar-refractivity contribution >= 4 is 0 Å². The third-order valence-electron chi connectivity index (χ3n) is 4.89. The highest BCUT2D eigenvalue weighted by Gasteiger charge is 2.31. The summed E-state index contributed by atoms with van der Waals surface area (Å²) in [6.45, 7) is 3.53. The van der Waals surface area contributed by atoms with E-state index in [1.807, 2.05) is 12.1 Å². The molecule has 0 bridgehead atoms. The summed E-state index contributed by atoms with van der Waals surface area (Å²) in [4.78, 5) is 0. The summed E-state index contributed by atoms with van der Waals surface area (Å²) < 4.78 is 17.3. The second-order valence-electron chi connectivity index (χ2n) is 6.73. The van der Waals surface area contributed by atoms with E-state index in [1.54, 1.807) is 7.11 Å². The highest BCUT2D eigenvalue weighted by Crippen LogP contribution is 2.38. The Hall–Kier alpha value is -2.20. The molecular formula is C19H22NO3+. The van der Waals surface area contributed by atoms with Crippen molar-refractivity contribution in [3.63, 3.8) is 0 Å². The van der Waals surface area contributed by atoms with Crippen molar-refractivity contribution in [1.29, 1.82) is 0 Å². The first-order chi connectivity index (χ1) is 11.1. The molecule has 2 aliphatic heterocycles. The van der Waals surface area contributed by atoms with Gasteiger partial charge in [0.1, 0.15) is 18.8 Å². The summed E-state index contributed by atoms with van der Waals surface area (Å²) in [6.07, 6.45) is 1.08. The van der Waals surface area contributed by atoms with Crippen molar-refractivity contribution < 1.29 is 18.7 Å². The SMILES string of the molecule is COc1ccc(C[N@+]2(C)CCc3cc4c(cc3C2)OCO4)cc1. The largest absolute Gasteiger partial charge is 0.497 e. The van der Waals surface area contributed by atoms with Gasteiger partial charge in [0.15, 0.2) is 11.5 Å². The standard InChI is InChI=1S/C19H22NO3/c1-20(11-14-3-5-17(21-2)6-4-14)8-7-15-9-18-19(23-13-22-18)10-16(15)12-20/h3-6,9-10H,7-8,11-13H2,1-2H3/q+1/t20-/m0/s1. The zero-order valence-corrected chi connectivity index (χ0v) is 13.7. The molecule has 2 heterocycles. The average molecular weight is 312 g/mol. The highest BCUT2D eigenvalue weighted by atomic mass is 16.7. The quantitative estimate of drug-likeness (QED) is 0.815. The number of benzene rings is 2. The van der Waals surface area contributed by atoms with Crippen LogP contribution in [0.5, 0.6) is 17.2 Å². The molecule has 0 aliphatic carbocycles. The Kier molecular flexibility index (Phi) is 3.42. The zero-order chi connectivity index (χ0) is 15.9. The third kappa shape index (κ3) is 2.75. The van der Waals surface area contributed by atoms with Crippen molar-refractivity contribution in [2.75, 3.05) is 27.5 Å². The predicted octanol–water partition coefficient (Wildman–Crippen LogP) is 3.13. The molecule has 1 atom stereocenters. The van der Waals surface area contributed by atoms with Crippen LogP contribution in [0.25, 0.3) is 0 Å². The fourth-order valence-electron chi connectivity index (χ4n) is 3.59. The molecule has 120 valence electrons. The Morgan fingerprint density at radius 2 is 1.74 bits per heavy atom. The van der Waals surface area contributed by atoms with E-state index in [9.17, 15) is 0 Å². The summed E-state index contributed by atoms with van der Waals surface area (Å²) in [6, 6.07) is 12.7. The smallest absolute Gasteiger partial charge is 0.231 e. The number of quaternary nitrogens is 1. The van der Waals surface area contributed by atoms with Crippen LogP contribution in [0.2, 0.25) is 0 Å². The Morgan fingerprint density at radius 3 is 2.43 bits per heavy atom. The Bertz CT molecular complexity index is 726. The molecule has 0 unspecified atom stereocenters. The van der Waals surface area contributed by atoms with Crippen molar-refractivity contribution in [1.82, 2.24) is 0 Å². The van der Waals surface area contributed by atoms with Crippen LogP contribution in [0.15, 0.2) is 36.4 Å². The average Bonchev–Trinajstić information content (AvgIpc) is 3.00. The fraction of sp³-hybridized carbons (Fsp3) is 0.368. The predicted molar refractivity (Wildman–Crippen MR) is 87.7 cm³/mol. The number of hydrogen-bond acceptors (Lipinski definition) is 3. The summed E-state index contributed by atoms with van der Waals surface area (Å²) in [5, 5.41) is 0. The van der Waals surface area contributed by atoms with E-state index in [1.165, 1.54) is 16.7 Å². The van der Waals surface area contributed by atoms with Gasteiger partial charge in [-0.15, -0.1) is 0 Å². The Labute approximate surface area is 136 Å². The van der Waals surface area contributed by atoms with Crippen LogP contribution in [0.3, 0.4) is 0 Å². The molecule has 23 heavy (non-hydrogen) atoms. The van der Waals surface area contributed by atoms with Gasteiger partial charge in [-0.25, -0.2) is 0 Å². The number of fused-ring (bicyclic) bond motifs is 2. The van der Waals surface area contributed by atoms with Gasteiger partial charge in [0.2, 0.25) is 6.79 Å². The number of rotatable bonds is 3. The van der Waals surface area contributed by atoms with Crippen LogP contribution in [-0.4, -0.2) is 32.0 Å². The molecule has 0 radical (unpaired) electrons. The molecular weight excluding hydrogens is 290 g/mol. The van der Waals surface area contributed by atoms with Crippen LogP contribution in [0, 0.1) is 0 Å². The van der Waals surface area contributed by atoms with Crippen LogP contribution in [0.4, 0.5) is 0 Å². The Morgan fingerprint density at radius 1 is 1.04 bits per heavy atom. The minimum absolute atomic E-state index is 0.343. The van der Waals surface area contributed by atoms with Crippen LogP contribution >= 0.6 is 0 Å². The lowest BCUT2D eigenvalue weighted by atomic mass is 9.96. The van der Waals surface area contributed by atoms with Gasteiger partial charge in [-0.05, 0) is 42.0 Å². The van der Waals surface area contributed by atoms with Gasteiger partial charge >= 0.3 is 0 Å². The lowest BCUT2D eigenvalue weighted by Crippen LogP contribution is -2.46. The summed E-state index contributed by atoms with van der Waals surface area (Å²) in [7, 11) is 4.03. The van der Waals surface area contributed by atoms with E-state index >= 15 is 0 Å². The number of nitrogens with zero attached hydrogens (tertiary/aromatic N) is 1. The second kappa shape index (κ2) is 5.46. The van der Waals surface area contributed by atoms with Gasteiger partial charge in [0.25, 0.3) is 0 Å². The molecule has 0 amide bonds. The van der Waals surface area contributed by atoms with Crippen LogP contribution in [-0.2, 0) is 19.5 Å². The van der Waals surface area contributed by atoms with E-state index in [0.29, 0.717) is 6.79 Å². The Balaban J connectivity index is 1.55. The fourth-order valence-corrected chi connectivity index (χ4v) is 3.59. The molecule has 0 fully saturated rings. The van der Waals surface area contributed by atoms with Crippen LogP contribution < -0.4 is 14.2 Å². The summed E-state index contributed by atoms with van der Waals surface area (Å²) in [5.74, 6) is 2.70. The zero-order valence-electron chi connectivity index (χ0n) is 13.7. The first-order valence-corrected chi connectivity index (χ1v) is 8.03.